The lowest BCUT2D eigenvalue weighted by Crippen LogP contribution is -2.12. The molecule has 2 rings (SSSR count). The van der Waals surface area contributed by atoms with E-state index < -0.39 is 0 Å². The normalized spacial score (nSPS) is 13.7. The highest BCUT2D eigenvalue weighted by atomic mass is 16.3. The van der Waals surface area contributed by atoms with Gasteiger partial charge in [-0.05, 0) is 60.1 Å². The molecule has 2 aromatic carbocycles. The molecule has 0 unspecified atom stereocenters. The van der Waals surface area contributed by atoms with Crippen molar-refractivity contribution in [3.05, 3.63) is 59.7 Å². The summed E-state index contributed by atoms with van der Waals surface area (Å²) in [5, 5.41) is 19.6. The molecule has 0 aromatic heterocycles. The second-order valence-corrected chi connectivity index (χ2v) is 5.98. The molecule has 2 nitrogen and oxygen atoms in total. The zero-order chi connectivity index (χ0) is 15.9. The Morgan fingerprint density at radius 1 is 0.727 bits per heavy atom. The Morgan fingerprint density at radius 3 is 1.45 bits per heavy atom. The molecule has 118 valence electrons. The second kappa shape index (κ2) is 7.88. The number of phenols is 2. The lowest BCUT2D eigenvalue weighted by molar-refractivity contribution is 0.449. The quantitative estimate of drug-likeness (QED) is 0.702. The van der Waals surface area contributed by atoms with E-state index in [0.29, 0.717) is 23.3 Å². The summed E-state index contributed by atoms with van der Waals surface area (Å²) in [5.74, 6) is 1.37. The molecule has 2 aromatic rings. The first-order chi connectivity index (χ1) is 10.7. The molecule has 0 saturated carbocycles. The first kappa shape index (κ1) is 16.4. The zero-order valence-corrected chi connectivity index (χ0v) is 13.5. The smallest absolute Gasteiger partial charge is 0.115 e. The number of benzene rings is 2. The van der Waals surface area contributed by atoms with Gasteiger partial charge in [0.15, 0.2) is 0 Å². The summed E-state index contributed by atoms with van der Waals surface area (Å²) < 4.78 is 0. The first-order valence-electron chi connectivity index (χ1n) is 8.23. The molecule has 0 spiro atoms. The summed E-state index contributed by atoms with van der Waals surface area (Å²) in [7, 11) is 0. The maximum atomic E-state index is 9.82. The van der Waals surface area contributed by atoms with Gasteiger partial charge < -0.3 is 10.2 Å². The molecule has 0 saturated heterocycles. The van der Waals surface area contributed by atoms with E-state index >= 15 is 0 Å². The number of hydrogen-bond acceptors (Lipinski definition) is 2. The fraction of sp³-hybridized carbons (Fsp3) is 0.400. The van der Waals surface area contributed by atoms with Crippen molar-refractivity contribution in [1.29, 1.82) is 0 Å². The fourth-order valence-corrected chi connectivity index (χ4v) is 3.33. The summed E-state index contributed by atoms with van der Waals surface area (Å²) in [6.07, 6.45) is 4.34. The van der Waals surface area contributed by atoms with Crippen LogP contribution in [0.1, 0.15) is 62.5 Å². The Hall–Kier alpha value is -1.96. The van der Waals surface area contributed by atoms with Crippen LogP contribution in [0.4, 0.5) is 0 Å². The van der Waals surface area contributed by atoms with E-state index in [-0.39, 0.29) is 0 Å². The molecular formula is C20H26O2. The molecule has 2 atom stereocenters. The molecular weight excluding hydrogens is 272 g/mol. The minimum atomic E-state index is 0.324. The molecule has 2 heteroatoms. The van der Waals surface area contributed by atoms with Crippen molar-refractivity contribution in [3.8, 4) is 11.5 Å². The van der Waals surface area contributed by atoms with Crippen molar-refractivity contribution in [1.82, 2.24) is 0 Å². The first-order valence-corrected chi connectivity index (χ1v) is 8.23. The average Bonchev–Trinajstić information content (AvgIpc) is 2.51. The number of rotatable bonds is 7. The minimum absolute atomic E-state index is 0.324. The Balaban J connectivity index is 2.41. The van der Waals surface area contributed by atoms with Crippen LogP contribution in [0.15, 0.2) is 48.5 Å². The fourth-order valence-electron chi connectivity index (χ4n) is 3.33. The van der Waals surface area contributed by atoms with Crippen LogP contribution >= 0.6 is 0 Å². The van der Waals surface area contributed by atoms with Gasteiger partial charge in [0, 0.05) is 0 Å². The molecule has 0 aliphatic rings. The van der Waals surface area contributed by atoms with Gasteiger partial charge in [-0.25, -0.2) is 0 Å². The Morgan fingerprint density at radius 2 is 1.14 bits per heavy atom. The second-order valence-electron chi connectivity index (χ2n) is 5.98. The molecule has 0 heterocycles. The van der Waals surface area contributed by atoms with Gasteiger partial charge in [0.1, 0.15) is 11.5 Å². The van der Waals surface area contributed by atoms with E-state index in [1.807, 2.05) is 24.3 Å². The highest BCUT2D eigenvalue weighted by molar-refractivity contribution is 5.36. The molecule has 0 aliphatic carbocycles. The van der Waals surface area contributed by atoms with Crippen LogP contribution in [0.3, 0.4) is 0 Å². The van der Waals surface area contributed by atoms with Gasteiger partial charge in [-0.1, -0.05) is 51.0 Å². The minimum Gasteiger partial charge on any atom is -0.508 e. The monoisotopic (exact) mass is 298 g/mol. The van der Waals surface area contributed by atoms with Gasteiger partial charge >= 0.3 is 0 Å². The number of phenolic OH excluding ortho intramolecular Hbond substituents is 2. The Labute approximate surface area is 133 Å². The molecule has 0 bridgehead atoms. The largest absolute Gasteiger partial charge is 0.508 e. The van der Waals surface area contributed by atoms with Gasteiger partial charge in [0.25, 0.3) is 0 Å². The van der Waals surface area contributed by atoms with Crippen LogP contribution in [0.25, 0.3) is 0 Å². The van der Waals surface area contributed by atoms with Gasteiger partial charge in [0.05, 0.1) is 0 Å². The van der Waals surface area contributed by atoms with Crippen LogP contribution in [0, 0.1) is 0 Å². The molecule has 22 heavy (non-hydrogen) atoms. The van der Waals surface area contributed by atoms with E-state index in [9.17, 15) is 10.2 Å². The zero-order valence-electron chi connectivity index (χ0n) is 13.5. The topological polar surface area (TPSA) is 40.5 Å². The standard InChI is InChI=1S/C20H26O2/c1-3-7-19(15-9-5-11-17(21)13-15)20(8-4-2)16-10-6-12-18(22)14-16/h5-6,9-14,19-22H,3-4,7-8H2,1-2H3/t19-,20-/m1/s1. The van der Waals surface area contributed by atoms with Crippen molar-refractivity contribution in [2.75, 3.05) is 0 Å². The summed E-state index contributed by atoms with van der Waals surface area (Å²) in [4.78, 5) is 0. The number of hydrogen-bond donors (Lipinski definition) is 2. The third kappa shape index (κ3) is 4.03. The van der Waals surface area contributed by atoms with Crippen LogP contribution in [0.2, 0.25) is 0 Å². The molecule has 2 N–H and O–H groups in total. The lowest BCUT2D eigenvalue weighted by atomic mass is 9.76. The van der Waals surface area contributed by atoms with Crippen molar-refractivity contribution in [2.45, 2.75) is 51.4 Å². The summed E-state index contributed by atoms with van der Waals surface area (Å²) in [6, 6.07) is 15.2. The van der Waals surface area contributed by atoms with E-state index in [4.69, 9.17) is 0 Å². The maximum Gasteiger partial charge on any atom is 0.115 e. The van der Waals surface area contributed by atoms with Gasteiger partial charge in [-0.3, -0.25) is 0 Å². The average molecular weight is 298 g/mol. The van der Waals surface area contributed by atoms with E-state index in [0.717, 1.165) is 25.7 Å². The van der Waals surface area contributed by atoms with Crippen LogP contribution in [0.5, 0.6) is 11.5 Å². The summed E-state index contributed by atoms with van der Waals surface area (Å²) in [5.41, 5.74) is 2.37. The van der Waals surface area contributed by atoms with Crippen LogP contribution < -0.4 is 0 Å². The van der Waals surface area contributed by atoms with Crippen molar-refractivity contribution in [3.63, 3.8) is 0 Å². The highest BCUT2D eigenvalue weighted by Crippen LogP contribution is 2.41. The Bertz CT molecular complexity index is 538. The van der Waals surface area contributed by atoms with E-state index in [1.165, 1.54) is 11.1 Å². The number of aromatic hydroxyl groups is 2. The van der Waals surface area contributed by atoms with Crippen molar-refractivity contribution < 1.29 is 10.2 Å². The van der Waals surface area contributed by atoms with Crippen molar-refractivity contribution >= 4 is 0 Å². The highest BCUT2D eigenvalue weighted by Gasteiger charge is 2.24. The van der Waals surface area contributed by atoms with Crippen LogP contribution in [-0.2, 0) is 0 Å². The maximum absolute atomic E-state index is 9.82. The third-order valence-electron chi connectivity index (χ3n) is 4.28. The van der Waals surface area contributed by atoms with Gasteiger partial charge in [-0.15, -0.1) is 0 Å². The molecule has 0 aliphatic heterocycles. The SMILES string of the molecule is CCC[C@H](c1cccc(O)c1)[C@H](CCC)c1cccc(O)c1. The van der Waals surface area contributed by atoms with E-state index in [2.05, 4.69) is 26.0 Å². The van der Waals surface area contributed by atoms with Gasteiger partial charge in [-0.2, -0.15) is 0 Å². The molecule has 0 radical (unpaired) electrons. The third-order valence-corrected chi connectivity index (χ3v) is 4.28. The molecule has 0 amide bonds. The van der Waals surface area contributed by atoms with Gasteiger partial charge in [0.2, 0.25) is 0 Å². The van der Waals surface area contributed by atoms with E-state index in [1.54, 1.807) is 12.1 Å². The van der Waals surface area contributed by atoms with Crippen molar-refractivity contribution in [2.24, 2.45) is 0 Å². The lowest BCUT2D eigenvalue weighted by Gasteiger charge is -2.28. The Kier molecular flexibility index (Phi) is 5.88. The van der Waals surface area contributed by atoms with Crippen LogP contribution in [-0.4, -0.2) is 10.2 Å². The summed E-state index contributed by atoms with van der Waals surface area (Å²) >= 11 is 0. The predicted octanol–water partition coefficient (Wildman–Crippen LogP) is 5.57. The predicted molar refractivity (Wildman–Crippen MR) is 91.5 cm³/mol. The molecule has 0 fully saturated rings. The summed E-state index contributed by atoms with van der Waals surface area (Å²) in [6.45, 7) is 4.39.